The maximum Gasteiger partial charge on any atom is 0.311 e. The number of hydrogen-bond donors (Lipinski definition) is 1. The lowest BCUT2D eigenvalue weighted by molar-refractivity contribution is -0.121. The van der Waals surface area contributed by atoms with Crippen LogP contribution in [-0.2, 0) is 15.3 Å². The van der Waals surface area contributed by atoms with E-state index in [1.165, 1.54) is 0 Å². The third kappa shape index (κ3) is 2.61. The molecule has 1 aliphatic rings. The highest BCUT2D eigenvalue weighted by atomic mass is 32.2. The van der Waals surface area contributed by atoms with Crippen molar-refractivity contribution in [2.75, 3.05) is 6.54 Å². The fourth-order valence-electron chi connectivity index (χ4n) is 1.13. The maximum absolute atomic E-state index is 11.1. The number of nitrogens with one attached hydrogen (secondary N) is 1. The van der Waals surface area contributed by atoms with Crippen molar-refractivity contribution in [2.24, 2.45) is 4.36 Å². The molecule has 0 saturated carbocycles. The van der Waals surface area contributed by atoms with Gasteiger partial charge >= 0.3 is 10.5 Å². The summed E-state index contributed by atoms with van der Waals surface area (Å²) < 4.78 is 23.6. The maximum atomic E-state index is 11.1. The van der Waals surface area contributed by atoms with Crippen LogP contribution in [0.2, 0.25) is 0 Å². The third-order valence-electron chi connectivity index (χ3n) is 1.72. The summed E-state index contributed by atoms with van der Waals surface area (Å²) in [5.41, 5.74) is 0. The molecule has 1 unspecified atom stereocenters. The lowest BCUT2D eigenvalue weighted by Gasteiger charge is -2.03. The molecule has 5 nitrogen and oxygen atoms in total. The summed E-state index contributed by atoms with van der Waals surface area (Å²) in [6.07, 6.45) is 2.26. The van der Waals surface area contributed by atoms with Crippen molar-refractivity contribution in [3.63, 3.8) is 0 Å². The second-order valence-corrected chi connectivity index (χ2v) is 3.27. The Hall–Kier alpha value is -0.910. The Morgan fingerprint density at radius 1 is 1.42 bits per heavy atom. The number of carbonyl (C=O) groups is 1. The quantitative estimate of drug-likeness (QED) is 0.617. The molecule has 12 heavy (non-hydrogen) atoms. The van der Waals surface area contributed by atoms with Crippen molar-refractivity contribution in [1.82, 2.24) is 5.32 Å². The van der Waals surface area contributed by atoms with E-state index < -0.39 is 16.5 Å². The first-order valence-corrected chi connectivity index (χ1v) is 4.81. The molecule has 1 atom stereocenters. The molecular weight excluding hydrogens is 180 g/mol. The Labute approximate surface area is 71.9 Å². The van der Waals surface area contributed by atoms with Crippen molar-refractivity contribution in [3.8, 4) is 0 Å². The van der Waals surface area contributed by atoms with Crippen molar-refractivity contribution in [2.45, 2.75) is 25.3 Å². The lowest BCUT2D eigenvalue weighted by atomic mass is 10.1. The molecule has 68 valence electrons. The minimum atomic E-state index is -2.48. The fourth-order valence-corrected chi connectivity index (χ4v) is 1.54. The van der Waals surface area contributed by atoms with Crippen LogP contribution in [0.4, 0.5) is 0 Å². The van der Waals surface area contributed by atoms with Crippen LogP contribution < -0.4 is 5.32 Å². The van der Waals surface area contributed by atoms with Gasteiger partial charge in [-0.05, 0) is 19.3 Å². The van der Waals surface area contributed by atoms with Gasteiger partial charge in [0.2, 0.25) is 5.91 Å². The SMILES string of the molecule is O=C1NCCCCC1N=S(=O)=O. The predicted molar refractivity (Wildman–Crippen MR) is 42.0 cm³/mol. The molecule has 6 heteroatoms. The summed E-state index contributed by atoms with van der Waals surface area (Å²) in [7, 11) is -2.48. The number of amides is 1. The Morgan fingerprint density at radius 3 is 2.83 bits per heavy atom. The molecule has 1 aliphatic heterocycles. The van der Waals surface area contributed by atoms with Crippen LogP contribution in [0.1, 0.15) is 19.3 Å². The number of rotatable bonds is 1. The van der Waals surface area contributed by atoms with E-state index in [1.54, 1.807) is 0 Å². The molecule has 1 fully saturated rings. The van der Waals surface area contributed by atoms with E-state index in [4.69, 9.17) is 0 Å². The van der Waals surface area contributed by atoms with E-state index in [0.29, 0.717) is 13.0 Å². The average molecular weight is 190 g/mol. The molecule has 1 rings (SSSR count). The summed E-state index contributed by atoms with van der Waals surface area (Å²) in [5, 5.41) is 2.59. The first-order chi connectivity index (χ1) is 5.70. The summed E-state index contributed by atoms with van der Waals surface area (Å²) in [5.74, 6) is -0.281. The molecule has 0 radical (unpaired) electrons. The Balaban J connectivity index is 2.72. The molecule has 0 spiro atoms. The standard InChI is InChI=1S/C6H10N2O3S/c9-6-5(8-12(10)11)3-1-2-4-7-6/h5H,1-4H2,(H,7,9). The molecule has 1 amide bonds. The second kappa shape index (κ2) is 4.20. The van der Waals surface area contributed by atoms with Gasteiger partial charge in [-0.25, -0.2) is 0 Å². The van der Waals surface area contributed by atoms with Crippen LogP contribution in [0.5, 0.6) is 0 Å². The van der Waals surface area contributed by atoms with Gasteiger partial charge in [-0.15, -0.1) is 0 Å². The highest BCUT2D eigenvalue weighted by Crippen LogP contribution is 2.08. The zero-order chi connectivity index (χ0) is 8.97. The Bertz CT molecular complexity index is 288. The Kier molecular flexibility index (Phi) is 3.21. The zero-order valence-corrected chi connectivity index (χ0v) is 7.30. The van der Waals surface area contributed by atoms with Gasteiger partial charge in [-0.3, -0.25) is 4.79 Å². The molecule has 0 aromatic heterocycles. The lowest BCUT2D eigenvalue weighted by Crippen LogP contribution is -2.31. The van der Waals surface area contributed by atoms with Crippen molar-refractivity contribution < 1.29 is 13.2 Å². The largest absolute Gasteiger partial charge is 0.354 e. The van der Waals surface area contributed by atoms with Gasteiger partial charge in [0, 0.05) is 6.54 Å². The van der Waals surface area contributed by atoms with E-state index >= 15 is 0 Å². The monoisotopic (exact) mass is 190 g/mol. The summed E-state index contributed by atoms with van der Waals surface area (Å²) in [6, 6.07) is -0.703. The number of hydrogen-bond acceptors (Lipinski definition) is 4. The summed E-state index contributed by atoms with van der Waals surface area (Å²) in [6.45, 7) is 0.621. The minimum absolute atomic E-state index is 0.281. The van der Waals surface area contributed by atoms with Gasteiger partial charge in [0.15, 0.2) is 0 Å². The van der Waals surface area contributed by atoms with Gasteiger partial charge in [0.1, 0.15) is 6.04 Å². The molecule has 0 aromatic carbocycles. The average Bonchev–Trinajstić information content (AvgIpc) is 2.16. The van der Waals surface area contributed by atoms with Gasteiger partial charge < -0.3 is 5.32 Å². The van der Waals surface area contributed by atoms with E-state index in [0.717, 1.165) is 12.8 Å². The van der Waals surface area contributed by atoms with Crippen LogP contribution in [-0.4, -0.2) is 26.9 Å². The summed E-state index contributed by atoms with van der Waals surface area (Å²) >= 11 is 0. The molecule has 1 N–H and O–H groups in total. The highest BCUT2D eigenvalue weighted by Gasteiger charge is 2.19. The molecule has 1 saturated heterocycles. The first-order valence-electron chi connectivity index (χ1n) is 3.78. The first kappa shape index (κ1) is 9.18. The number of carbonyl (C=O) groups excluding carboxylic acids is 1. The van der Waals surface area contributed by atoms with Crippen molar-refractivity contribution in [1.29, 1.82) is 0 Å². The molecule has 0 aromatic rings. The molecule has 0 aliphatic carbocycles. The van der Waals surface area contributed by atoms with Crippen LogP contribution in [0.15, 0.2) is 4.36 Å². The number of nitrogens with zero attached hydrogens (tertiary/aromatic N) is 1. The van der Waals surface area contributed by atoms with E-state index in [-0.39, 0.29) is 5.91 Å². The van der Waals surface area contributed by atoms with Crippen LogP contribution >= 0.6 is 0 Å². The summed E-state index contributed by atoms with van der Waals surface area (Å²) in [4.78, 5) is 11.1. The zero-order valence-electron chi connectivity index (χ0n) is 6.49. The van der Waals surface area contributed by atoms with E-state index in [2.05, 4.69) is 9.68 Å². The van der Waals surface area contributed by atoms with Gasteiger partial charge in [0.05, 0.1) is 0 Å². The van der Waals surface area contributed by atoms with Crippen molar-refractivity contribution in [3.05, 3.63) is 0 Å². The van der Waals surface area contributed by atoms with Crippen LogP contribution in [0.3, 0.4) is 0 Å². The van der Waals surface area contributed by atoms with Crippen molar-refractivity contribution >= 4 is 16.4 Å². The molecule has 0 bridgehead atoms. The predicted octanol–water partition coefficient (Wildman–Crippen LogP) is -0.282. The van der Waals surface area contributed by atoms with Gasteiger partial charge in [-0.1, -0.05) is 0 Å². The minimum Gasteiger partial charge on any atom is -0.354 e. The van der Waals surface area contributed by atoms with Crippen LogP contribution in [0, 0.1) is 0 Å². The van der Waals surface area contributed by atoms with Crippen LogP contribution in [0.25, 0.3) is 0 Å². The topological polar surface area (TPSA) is 75.6 Å². The Morgan fingerprint density at radius 2 is 2.17 bits per heavy atom. The normalized spacial score (nSPS) is 24.0. The van der Waals surface area contributed by atoms with E-state index in [1.807, 2.05) is 0 Å². The van der Waals surface area contributed by atoms with E-state index in [9.17, 15) is 13.2 Å². The smallest absolute Gasteiger partial charge is 0.311 e. The highest BCUT2D eigenvalue weighted by molar-refractivity contribution is 7.61. The van der Waals surface area contributed by atoms with Gasteiger partial charge in [-0.2, -0.15) is 12.8 Å². The fraction of sp³-hybridized carbons (Fsp3) is 0.833. The second-order valence-electron chi connectivity index (χ2n) is 2.63. The van der Waals surface area contributed by atoms with Gasteiger partial charge in [0.25, 0.3) is 0 Å². The third-order valence-corrected chi connectivity index (χ3v) is 2.15. The molecular formula is C6H10N2O3S. The molecule has 1 heterocycles.